The first-order chi connectivity index (χ1) is 8.76. The van der Waals surface area contributed by atoms with Gasteiger partial charge in [0.05, 0.1) is 0 Å². The van der Waals surface area contributed by atoms with Crippen LogP contribution in [0.1, 0.15) is 12.5 Å². The molecule has 1 saturated heterocycles. The molecule has 1 atom stereocenters. The summed E-state index contributed by atoms with van der Waals surface area (Å²) in [6, 6.07) is 3.34. The second kappa shape index (κ2) is 4.41. The summed E-state index contributed by atoms with van der Waals surface area (Å²) in [5, 5.41) is 2.12. The Bertz CT molecular complexity index is 522. The molecule has 0 saturated carbocycles. The number of amides is 1. The third kappa shape index (κ3) is 2.25. The van der Waals surface area contributed by atoms with Gasteiger partial charge < -0.3 is 15.8 Å². The highest BCUT2D eigenvalue weighted by Crippen LogP contribution is 2.40. The van der Waals surface area contributed by atoms with E-state index in [1.54, 1.807) is 0 Å². The molecule has 1 aromatic rings. The van der Waals surface area contributed by atoms with Crippen LogP contribution in [0.2, 0.25) is 0 Å². The lowest BCUT2D eigenvalue weighted by atomic mass is 9.85. The van der Waals surface area contributed by atoms with E-state index < -0.39 is 36.4 Å². The standard InChI is InChI=1S/C12H13F3N2O2/c1-11(8-4-7(16)2-3-9(8)13)12(14,15)6-19-5-10(18)17-11/h2-4H,5-6,16H2,1H3,(H,17,18). The van der Waals surface area contributed by atoms with Crippen molar-refractivity contribution in [2.45, 2.75) is 18.4 Å². The van der Waals surface area contributed by atoms with Crippen molar-refractivity contribution in [1.29, 1.82) is 0 Å². The maximum atomic E-state index is 14.1. The number of carbonyl (C=O) groups is 1. The quantitative estimate of drug-likeness (QED) is 0.761. The summed E-state index contributed by atoms with van der Waals surface area (Å²) >= 11 is 0. The summed E-state index contributed by atoms with van der Waals surface area (Å²) in [6.45, 7) is -0.414. The molecule has 104 valence electrons. The Morgan fingerprint density at radius 2 is 2.11 bits per heavy atom. The van der Waals surface area contributed by atoms with E-state index in [9.17, 15) is 18.0 Å². The lowest BCUT2D eigenvalue weighted by molar-refractivity contribution is -0.127. The third-order valence-corrected chi connectivity index (χ3v) is 3.17. The van der Waals surface area contributed by atoms with E-state index >= 15 is 0 Å². The fourth-order valence-electron chi connectivity index (χ4n) is 2.01. The molecule has 3 N–H and O–H groups in total. The van der Waals surface area contributed by atoms with Crippen LogP contribution in [-0.4, -0.2) is 25.0 Å². The van der Waals surface area contributed by atoms with E-state index in [4.69, 9.17) is 5.73 Å². The number of nitrogens with one attached hydrogen (secondary N) is 1. The summed E-state index contributed by atoms with van der Waals surface area (Å²) in [5.41, 5.74) is 3.06. The molecule has 1 aliphatic rings. The fraction of sp³-hybridized carbons (Fsp3) is 0.417. The van der Waals surface area contributed by atoms with Gasteiger partial charge in [-0.25, -0.2) is 13.2 Å². The van der Waals surface area contributed by atoms with E-state index in [1.807, 2.05) is 0 Å². The lowest BCUT2D eigenvalue weighted by Gasteiger charge is -2.36. The van der Waals surface area contributed by atoms with Crippen LogP contribution in [0, 0.1) is 5.82 Å². The van der Waals surface area contributed by atoms with Crippen molar-refractivity contribution in [3.05, 3.63) is 29.6 Å². The first-order valence-electron chi connectivity index (χ1n) is 5.58. The van der Waals surface area contributed by atoms with Gasteiger partial charge in [0, 0.05) is 11.3 Å². The zero-order valence-corrected chi connectivity index (χ0v) is 10.2. The number of ether oxygens (including phenoxy) is 1. The van der Waals surface area contributed by atoms with Crippen LogP contribution in [0.5, 0.6) is 0 Å². The molecule has 19 heavy (non-hydrogen) atoms. The molecule has 1 aliphatic heterocycles. The molecule has 4 nitrogen and oxygen atoms in total. The Kier molecular flexibility index (Phi) is 3.17. The summed E-state index contributed by atoms with van der Waals surface area (Å²) in [4.78, 5) is 11.4. The number of benzene rings is 1. The number of halogens is 3. The molecule has 1 unspecified atom stereocenters. The zero-order valence-electron chi connectivity index (χ0n) is 10.2. The van der Waals surface area contributed by atoms with Crippen LogP contribution in [0.3, 0.4) is 0 Å². The van der Waals surface area contributed by atoms with Gasteiger partial charge in [0.1, 0.15) is 24.6 Å². The molecular formula is C12H13F3N2O2. The largest absolute Gasteiger partial charge is 0.399 e. The number of rotatable bonds is 1. The zero-order chi connectivity index (χ0) is 14.3. The number of hydrogen-bond donors (Lipinski definition) is 2. The van der Waals surface area contributed by atoms with E-state index in [0.717, 1.165) is 19.1 Å². The van der Waals surface area contributed by atoms with Crippen molar-refractivity contribution in [3.8, 4) is 0 Å². The van der Waals surface area contributed by atoms with E-state index in [-0.39, 0.29) is 11.3 Å². The summed E-state index contributed by atoms with van der Waals surface area (Å²) in [5.74, 6) is -5.06. The molecule has 0 aliphatic carbocycles. The maximum absolute atomic E-state index is 14.1. The van der Waals surface area contributed by atoms with E-state index in [0.29, 0.717) is 0 Å². The molecule has 2 rings (SSSR count). The monoisotopic (exact) mass is 274 g/mol. The fourth-order valence-corrected chi connectivity index (χ4v) is 2.01. The number of nitrogen functional groups attached to an aromatic ring is 1. The van der Waals surface area contributed by atoms with E-state index in [2.05, 4.69) is 10.1 Å². The van der Waals surface area contributed by atoms with Crippen molar-refractivity contribution in [3.63, 3.8) is 0 Å². The van der Waals surface area contributed by atoms with Crippen LogP contribution in [0.25, 0.3) is 0 Å². The Labute approximate surface area is 107 Å². The summed E-state index contributed by atoms with van der Waals surface area (Å²) in [6.07, 6.45) is 0. The van der Waals surface area contributed by atoms with Gasteiger partial charge in [0.25, 0.3) is 5.92 Å². The average Bonchev–Trinajstić information content (AvgIpc) is 2.40. The molecule has 1 fully saturated rings. The van der Waals surface area contributed by atoms with Gasteiger partial charge in [-0.2, -0.15) is 0 Å². The Hall–Kier alpha value is -1.76. The Morgan fingerprint density at radius 1 is 1.42 bits per heavy atom. The van der Waals surface area contributed by atoms with Crippen molar-refractivity contribution in [1.82, 2.24) is 5.32 Å². The number of nitrogens with two attached hydrogens (primary N) is 1. The number of anilines is 1. The minimum absolute atomic E-state index is 0.132. The normalized spacial score (nSPS) is 26.6. The Balaban J connectivity index is 2.59. The lowest BCUT2D eigenvalue weighted by Crippen LogP contribution is -2.56. The van der Waals surface area contributed by atoms with Crippen molar-refractivity contribution >= 4 is 11.6 Å². The third-order valence-electron chi connectivity index (χ3n) is 3.17. The second-order valence-electron chi connectivity index (χ2n) is 4.61. The molecule has 1 aromatic carbocycles. The van der Waals surface area contributed by atoms with Gasteiger partial charge in [-0.3, -0.25) is 4.79 Å². The second-order valence-corrected chi connectivity index (χ2v) is 4.61. The minimum Gasteiger partial charge on any atom is -0.399 e. The predicted octanol–water partition coefficient (Wildman–Crippen LogP) is 1.40. The molecule has 0 aromatic heterocycles. The highest BCUT2D eigenvalue weighted by Gasteiger charge is 2.55. The topological polar surface area (TPSA) is 64.3 Å². The molecule has 0 bridgehead atoms. The molecule has 1 amide bonds. The number of carbonyl (C=O) groups excluding carboxylic acids is 1. The van der Waals surface area contributed by atoms with Gasteiger partial charge >= 0.3 is 0 Å². The molecule has 1 heterocycles. The first-order valence-corrected chi connectivity index (χ1v) is 5.58. The molecular weight excluding hydrogens is 261 g/mol. The van der Waals surface area contributed by atoms with Crippen molar-refractivity contribution < 1.29 is 22.7 Å². The molecule has 0 spiro atoms. The molecule has 0 radical (unpaired) electrons. The van der Waals surface area contributed by atoms with Crippen LogP contribution in [0.15, 0.2) is 18.2 Å². The van der Waals surface area contributed by atoms with Crippen LogP contribution in [0.4, 0.5) is 18.9 Å². The smallest absolute Gasteiger partial charge is 0.297 e. The predicted molar refractivity (Wildman–Crippen MR) is 62.1 cm³/mol. The number of hydrogen-bond acceptors (Lipinski definition) is 3. The van der Waals surface area contributed by atoms with Crippen molar-refractivity contribution in [2.75, 3.05) is 18.9 Å². The van der Waals surface area contributed by atoms with Gasteiger partial charge in [-0.1, -0.05) is 0 Å². The minimum atomic E-state index is -3.46. The van der Waals surface area contributed by atoms with Gasteiger partial charge in [-0.15, -0.1) is 0 Å². The average molecular weight is 274 g/mol. The van der Waals surface area contributed by atoms with Gasteiger partial charge in [-0.05, 0) is 25.1 Å². The summed E-state index contributed by atoms with van der Waals surface area (Å²) < 4.78 is 46.7. The SMILES string of the molecule is CC1(c2cc(N)ccc2F)NC(=O)COCC1(F)F. The Morgan fingerprint density at radius 3 is 2.79 bits per heavy atom. The molecule has 7 heteroatoms. The number of alkyl halides is 2. The van der Waals surface area contributed by atoms with Crippen LogP contribution < -0.4 is 11.1 Å². The van der Waals surface area contributed by atoms with Crippen LogP contribution in [-0.2, 0) is 15.1 Å². The highest BCUT2D eigenvalue weighted by molar-refractivity contribution is 5.79. The maximum Gasteiger partial charge on any atom is 0.297 e. The first kappa shape index (κ1) is 13.7. The van der Waals surface area contributed by atoms with Gasteiger partial charge in [0.15, 0.2) is 0 Å². The van der Waals surface area contributed by atoms with Crippen LogP contribution >= 0.6 is 0 Å². The van der Waals surface area contributed by atoms with Crippen molar-refractivity contribution in [2.24, 2.45) is 0 Å². The van der Waals surface area contributed by atoms with Gasteiger partial charge in [0.2, 0.25) is 5.91 Å². The van der Waals surface area contributed by atoms with E-state index in [1.165, 1.54) is 6.07 Å². The summed E-state index contributed by atoms with van der Waals surface area (Å²) in [7, 11) is 0. The highest BCUT2D eigenvalue weighted by atomic mass is 19.3.